The van der Waals surface area contributed by atoms with Crippen LogP contribution >= 0.6 is 0 Å². The molecule has 0 unspecified atom stereocenters. The molecule has 0 spiro atoms. The summed E-state index contributed by atoms with van der Waals surface area (Å²) < 4.78 is 29.8. The maximum absolute atomic E-state index is 12.9. The van der Waals surface area contributed by atoms with Crippen LogP contribution in [-0.4, -0.2) is 52.8 Å². The second kappa shape index (κ2) is 11.3. The standard InChI is InChI=1S/C26H38N2O5SSi/c1-26(2,3)35(21-10-6-4-7-11-21,22-12-8-5-9-13-22)33-24(23-15-14-20(23)19-29)18-25(30)28-16-17-34(27,31)32/h4-13,20,23-24,29H,14-19H2,1-3H3,(H,28,30)(H2,27,31,32)/t20-,23+,24-/m0/s1. The van der Waals surface area contributed by atoms with E-state index in [0.29, 0.717) is 0 Å². The maximum Gasteiger partial charge on any atom is 0.261 e. The molecule has 0 heterocycles. The molecular weight excluding hydrogens is 480 g/mol. The van der Waals surface area contributed by atoms with E-state index in [-0.39, 0.29) is 48.1 Å². The third-order valence-corrected chi connectivity index (χ3v) is 12.9. The second-order valence-corrected chi connectivity index (χ2v) is 16.4. The molecule has 1 aliphatic carbocycles. The van der Waals surface area contributed by atoms with Crippen LogP contribution in [0.25, 0.3) is 0 Å². The number of carbonyl (C=O) groups excluding carboxylic acids is 1. The van der Waals surface area contributed by atoms with Crippen LogP contribution in [0, 0.1) is 11.8 Å². The smallest absolute Gasteiger partial charge is 0.261 e. The summed E-state index contributed by atoms with van der Waals surface area (Å²) in [6.07, 6.45) is 1.45. The van der Waals surface area contributed by atoms with E-state index in [1.807, 2.05) is 36.4 Å². The van der Waals surface area contributed by atoms with Gasteiger partial charge in [0.15, 0.2) is 0 Å². The fourth-order valence-corrected chi connectivity index (χ4v) is 10.2. The summed E-state index contributed by atoms with van der Waals surface area (Å²) in [5.74, 6) is -0.469. The van der Waals surface area contributed by atoms with Gasteiger partial charge in [0.1, 0.15) is 0 Å². The van der Waals surface area contributed by atoms with Crippen molar-refractivity contribution in [1.82, 2.24) is 5.32 Å². The Morgan fingerprint density at radius 2 is 1.63 bits per heavy atom. The van der Waals surface area contributed by atoms with E-state index in [1.165, 1.54) is 0 Å². The van der Waals surface area contributed by atoms with Gasteiger partial charge < -0.3 is 14.8 Å². The van der Waals surface area contributed by atoms with E-state index >= 15 is 0 Å². The van der Waals surface area contributed by atoms with Gasteiger partial charge in [0.25, 0.3) is 8.32 Å². The van der Waals surface area contributed by atoms with Gasteiger partial charge in [-0.2, -0.15) is 0 Å². The Balaban J connectivity index is 2.01. The largest absolute Gasteiger partial charge is 0.404 e. The van der Waals surface area contributed by atoms with Crippen molar-refractivity contribution in [3.05, 3.63) is 60.7 Å². The number of rotatable bonds is 11. The monoisotopic (exact) mass is 518 g/mol. The van der Waals surface area contributed by atoms with Gasteiger partial charge in [-0.25, -0.2) is 13.6 Å². The number of sulfonamides is 1. The fourth-order valence-electron chi connectivity index (χ4n) is 5.10. The first-order chi connectivity index (χ1) is 16.5. The fraction of sp³-hybridized carbons (Fsp3) is 0.500. The van der Waals surface area contributed by atoms with Gasteiger partial charge in [-0.05, 0) is 40.1 Å². The van der Waals surface area contributed by atoms with Crippen LogP contribution < -0.4 is 20.8 Å². The van der Waals surface area contributed by atoms with Crippen molar-refractivity contribution in [3.8, 4) is 0 Å². The number of nitrogens with one attached hydrogen (secondary N) is 1. The van der Waals surface area contributed by atoms with Gasteiger partial charge in [0.05, 0.1) is 18.3 Å². The lowest BCUT2D eigenvalue weighted by atomic mass is 9.70. The summed E-state index contributed by atoms with van der Waals surface area (Å²) in [5.41, 5.74) is 0. The van der Waals surface area contributed by atoms with Crippen LogP contribution in [0.4, 0.5) is 0 Å². The number of aliphatic hydroxyl groups is 1. The Morgan fingerprint density at radius 3 is 2.03 bits per heavy atom. The van der Waals surface area contributed by atoms with Gasteiger partial charge in [-0.1, -0.05) is 81.4 Å². The van der Waals surface area contributed by atoms with Crippen LogP contribution in [0.2, 0.25) is 5.04 Å². The van der Waals surface area contributed by atoms with E-state index in [1.54, 1.807) is 0 Å². The molecule has 1 fully saturated rings. The summed E-state index contributed by atoms with van der Waals surface area (Å²) >= 11 is 0. The van der Waals surface area contributed by atoms with Gasteiger partial charge in [-0.3, -0.25) is 4.79 Å². The topological polar surface area (TPSA) is 119 Å². The zero-order chi connectivity index (χ0) is 25.7. The number of benzene rings is 2. The highest BCUT2D eigenvalue weighted by atomic mass is 32.2. The lowest BCUT2D eigenvalue weighted by Gasteiger charge is -2.49. The Labute approximate surface area is 210 Å². The lowest BCUT2D eigenvalue weighted by molar-refractivity contribution is -0.124. The lowest BCUT2D eigenvalue weighted by Crippen LogP contribution is -2.68. The van der Waals surface area contributed by atoms with Crippen LogP contribution in [-0.2, 0) is 19.2 Å². The summed E-state index contributed by atoms with van der Waals surface area (Å²) in [5, 5.41) is 19.7. The van der Waals surface area contributed by atoms with E-state index in [4.69, 9.17) is 9.56 Å². The average molecular weight is 519 g/mol. The number of nitrogens with two attached hydrogens (primary N) is 1. The Morgan fingerprint density at radius 1 is 1.09 bits per heavy atom. The minimum atomic E-state index is -3.66. The summed E-state index contributed by atoms with van der Waals surface area (Å²) in [6, 6.07) is 20.5. The Kier molecular flexibility index (Phi) is 8.93. The van der Waals surface area contributed by atoms with Crippen molar-refractivity contribution in [2.24, 2.45) is 17.0 Å². The highest BCUT2D eigenvalue weighted by Crippen LogP contribution is 2.43. The third-order valence-electron chi connectivity index (χ3n) is 7.03. The first kappa shape index (κ1) is 27.5. The van der Waals surface area contributed by atoms with Crippen molar-refractivity contribution in [2.45, 2.75) is 51.2 Å². The molecule has 1 aliphatic rings. The number of aliphatic hydroxyl groups excluding tert-OH is 1. The Bertz CT molecular complexity index is 1030. The van der Waals surface area contributed by atoms with Crippen LogP contribution in [0.15, 0.2) is 60.7 Å². The van der Waals surface area contributed by atoms with Crippen LogP contribution in [0.5, 0.6) is 0 Å². The number of primary sulfonamides is 1. The molecule has 0 saturated heterocycles. The molecule has 1 saturated carbocycles. The van der Waals surface area contributed by atoms with Crippen molar-refractivity contribution in [1.29, 1.82) is 0 Å². The van der Waals surface area contributed by atoms with Gasteiger partial charge in [0.2, 0.25) is 15.9 Å². The number of amides is 1. The number of hydrogen-bond donors (Lipinski definition) is 3. The van der Waals surface area contributed by atoms with Gasteiger partial charge in [0, 0.05) is 13.2 Å². The number of hydrogen-bond acceptors (Lipinski definition) is 5. The minimum Gasteiger partial charge on any atom is -0.404 e. The third kappa shape index (κ3) is 6.59. The summed E-state index contributed by atoms with van der Waals surface area (Å²) in [7, 11) is -6.57. The van der Waals surface area contributed by atoms with Crippen LogP contribution in [0.3, 0.4) is 0 Å². The predicted molar refractivity (Wildman–Crippen MR) is 141 cm³/mol. The van der Waals surface area contributed by atoms with Crippen LogP contribution in [0.1, 0.15) is 40.0 Å². The van der Waals surface area contributed by atoms with Crippen molar-refractivity contribution < 1.29 is 22.7 Å². The normalized spacial score (nSPS) is 19.6. The summed E-state index contributed by atoms with van der Waals surface area (Å²) in [4.78, 5) is 12.9. The SMILES string of the molecule is CC(C)(C)[Si](O[C@@H](CC(=O)NCCS(N)(=O)=O)[C@@H]1CC[C@H]1CO)(c1ccccc1)c1ccccc1. The molecule has 192 valence electrons. The highest BCUT2D eigenvalue weighted by Gasteiger charge is 2.53. The molecule has 2 aromatic rings. The van der Waals surface area contributed by atoms with Gasteiger partial charge >= 0.3 is 0 Å². The molecule has 9 heteroatoms. The number of carbonyl (C=O) groups is 1. The van der Waals surface area contributed by atoms with Gasteiger partial charge in [-0.15, -0.1) is 0 Å². The highest BCUT2D eigenvalue weighted by molar-refractivity contribution is 7.89. The van der Waals surface area contributed by atoms with Crippen molar-refractivity contribution in [3.63, 3.8) is 0 Å². The molecule has 7 nitrogen and oxygen atoms in total. The molecule has 0 bridgehead atoms. The first-order valence-electron chi connectivity index (χ1n) is 12.1. The zero-order valence-electron chi connectivity index (χ0n) is 20.8. The molecular formula is C26H38N2O5SSi. The molecule has 2 aromatic carbocycles. The minimum absolute atomic E-state index is 0.0440. The first-order valence-corrected chi connectivity index (χ1v) is 15.8. The summed E-state index contributed by atoms with van der Waals surface area (Å²) in [6.45, 7) is 6.57. The quantitative estimate of drug-likeness (QED) is 0.392. The van der Waals surface area contributed by atoms with E-state index in [0.717, 1.165) is 23.2 Å². The molecule has 0 aromatic heterocycles. The molecule has 1 amide bonds. The average Bonchev–Trinajstić information content (AvgIpc) is 2.76. The van der Waals surface area contributed by atoms with E-state index in [9.17, 15) is 18.3 Å². The molecule has 0 aliphatic heterocycles. The predicted octanol–water partition coefficient (Wildman–Crippen LogP) is 1.74. The molecule has 3 rings (SSSR count). The molecule has 3 atom stereocenters. The second-order valence-electron chi connectivity index (χ2n) is 10.4. The molecule has 35 heavy (non-hydrogen) atoms. The van der Waals surface area contributed by atoms with E-state index in [2.05, 4.69) is 50.4 Å². The van der Waals surface area contributed by atoms with Crippen molar-refractivity contribution in [2.75, 3.05) is 18.9 Å². The Hall–Kier alpha value is -2.04. The zero-order valence-corrected chi connectivity index (χ0v) is 22.6. The van der Waals surface area contributed by atoms with Crippen molar-refractivity contribution >= 4 is 34.6 Å². The molecule has 0 radical (unpaired) electrons. The molecule has 4 N–H and O–H groups in total. The maximum atomic E-state index is 12.9. The van der Waals surface area contributed by atoms with E-state index < -0.39 is 24.4 Å².